The van der Waals surface area contributed by atoms with Gasteiger partial charge in [0.2, 0.25) is 17.6 Å². The zero-order valence-electron chi connectivity index (χ0n) is 13.1. The molecule has 0 unspecified atom stereocenters. The van der Waals surface area contributed by atoms with Crippen molar-refractivity contribution in [1.82, 2.24) is 20.8 Å². The normalized spacial score (nSPS) is 10.7. The Kier molecular flexibility index (Phi) is 7.03. The molecule has 1 heterocycles. The van der Waals surface area contributed by atoms with Gasteiger partial charge in [-0.2, -0.15) is 4.98 Å². The zero-order valence-corrected chi connectivity index (χ0v) is 13.9. The standard InChI is InChI=1S/C16H21ClN4O2/c1-2-9-18-10-11-19-14(22)7-8-15-20-16(21-23-15)12-3-5-13(17)6-4-12/h3-6,18H,2,7-11H2,1H3,(H,19,22). The highest BCUT2D eigenvalue weighted by molar-refractivity contribution is 6.30. The number of halogens is 1. The van der Waals surface area contributed by atoms with Crippen LogP contribution in [0, 0.1) is 0 Å². The van der Waals surface area contributed by atoms with Crippen LogP contribution in [-0.2, 0) is 11.2 Å². The molecule has 0 fully saturated rings. The molecule has 0 bridgehead atoms. The quantitative estimate of drug-likeness (QED) is 0.687. The summed E-state index contributed by atoms with van der Waals surface area (Å²) in [6, 6.07) is 7.19. The summed E-state index contributed by atoms with van der Waals surface area (Å²) in [4.78, 5) is 16.0. The predicted molar refractivity (Wildman–Crippen MR) is 89.2 cm³/mol. The minimum absolute atomic E-state index is 0.0189. The first-order valence-corrected chi connectivity index (χ1v) is 8.12. The molecule has 0 spiro atoms. The van der Waals surface area contributed by atoms with Crippen LogP contribution in [0.2, 0.25) is 5.02 Å². The molecule has 6 nitrogen and oxygen atoms in total. The number of amides is 1. The van der Waals surface area contributed by atoms with Crippen LogP contribution < -0.4 is 10.6 Å². The van der Waals surface area contributed by atoms with E-state index in [4.69, 9.17) is 16.1 Å². The molecule has 124 valence electrons. The SMILES string of the molecule is CCCNCCNC(=O)CCc1nc(-c2ccc(Cl)cc2)no1. The van der Waals surface area contributed by atoms with E-state index in [9.17, 15) is 4.79 Å². The molecule has 0 atom stereocenters. The number of nitrogens with zero attached hydrogens (tertiary/aromatic N) is 2. The molecule has 7 heteroatoms. The molecule has 0 saturated carbocycles. The summed E-state index contributed by atoms with van der Waals surface area (Å²) in [5, 5.41) is 10.6. The lowest BCUT2D eigenvalue weighted by Crippen LogP contribution is -2.32. The molecule has 1 aromatic heterocycles. The molecule has 1 amide bonds. The van der Waals surface area contributed by atoms with Crippen molar-refractivity contribution in [3.63, 3.8) is 0 Å². The first kappa shape index (κ1) is 17.4. The molecule has 2 aromatic rings. The average molecular weight is 337 g/mol. The number of carbonyl (C=O) groups excluding carboxylic acids is 1. The molecule has 0 aliphatic carbocycles. The van der Waals surface area contributed by atoms with Gasteiger partial charge in [-0.05, 0) is 37.2 Å². The second kappa shape index (κ2) is 9.27. The van der Waals surface area contributed by atoms with Crippen LogP contribution in [0.15, 0.2) is 28.8 Å². The third-order valence-electron chi connectivity index (χ3n) is 3.19. The van der Waals surface area contributed by atoms with Gasteiger partial charge in [-0.15, -0.1) is 0 Å². The summed E-state index contributed by atoms with van der Waals surface area (Å²) in [7, 11) is 0. The molecule has 2 N–H and O–H groups in total. The van der Waals surface area contributed by atoms with Crippen molar-refractivity contribution in [3.05, 3.63) is 35.2 Å². The fourth-order valence-corrected chi connectivity index (χ4v) is 2.10. The number of hydrogen-bond donors (Lipinski definition) is 2. The molecular weight excluding hydrogens is 316 g/mol. The molecule has 0 saturated heterocycles. The Hall–Kier alpha value is -1.92. The largest absolute Gasteiger partial charge is 0.355 e. The topological polar surface area (TPSA) is 80.0 Å². The lowest BCUT2D eigenvalue weighted by molar-refractivity contribution is -0.121. The van der Waals surface area contributed by atoms with Crippen molar-refractivity contribution >= 4 is 17.5 Å². The fraction of sp³-hybridized carbons (Fsp3) is 0.438. The molecule has 0 aliphatic heterocycles. The number of benzene rings is 1. The van der Waals surface area contributed by atoms with Crippen LogP contribution in [0.3, 0.4) is 0 Å². The maximum atomic E-state index is 11.7. The van der Waals surface area contributed by atoms with Gasteiger partial charge >= 0.3 is 0 Å². The molecule has 1 aromatic carbocycles. The Morgan fingerprint density at radius 2 is 2.00 bits per heavy atom. The highest BCUT2D eigenvalue weighted by Gasteiger charge is 2.10. The van der Waals surface area contributed by atoms with E-state index in [0.717, 1.165) is 25.1 Å². The first-order valence-electron chi connectivity index (χ1n) is 7.75. The van der Waals surface area contributed by atoms with Crippen LogP contribution in [0.4, 0.5) is 0 Å². The summed E-state index contributed by atoms with van der Waals surface area (Å²) >= 11 is 5.85. The van der Waals surface area contributed by atoms with Gasteiger partial charge in [-0.1, -0.05) is 23.7 Å². The zero-order chi connectivity index (χ0) is 16.5. The molecular formula is C16H21ClN4O2. The summed E-state index contributed by atoms with van der Waals surface area (Å²) < 4.78 is 5.17. The van der Waals surface area contributed by atoms with E-state index in [0.29, 0.717) is 36.1 Å². The maximum Gasteiger partial charge on any atom is 0.227 e. The highest BCUT2D eigenvalue weighted by Crippen LogP contribution is 2.18. The maximum absolute atomic E-state index is 11.7. The molecule has 23 heavy (non-hydrogen) atoms. The van der Waals surface area contributed by atoms with E-state index in [1.807, 2.05) is 12.1 Å². The molecule has 2 rings (SSSR count). The predicted octanol–water partition coefficient (Wildman–Crippen LogP) is 2.44. The van der Waals surface area contributed by atoms with Gasteiger partial charge in [0.15, 0.2) is 0 Å². The van der Waals surface area contributed by atoms with E-state index in [2.05, 4.69) is 27.7 Å². The molecule has 0 aliphatic rings. The number of rotatable bonds is 9. The van der Waals surface area contributed by atoms with Gasteiger partial charge in [0, 0.05) is 36.5 Å². The number of aryl methyl sites for hydroxylation is 1. The van der Waals surface area contributed by atoms with E-state index in [1.54, 1.807) is 12.1 Å². The van der Waals surface area contributed by atoms with Gasteiger partial charge in [0.25, 0.3) is 0 Å². The minimum atomic E-state index is -0.0189. The second-order valence-corrected chi connectivity index (χ2v) is 5.56. The minimum Gasteiger partial charge on any atom is -0.355 e. The third-order valence-corrected chi connectivity index (χ3v) is 3.44. The number of aromatic nitrogens is 2. The summed E-state index contributed by atoms with van der Waals surface area (Å²) in [5.41, 5.74) is 0.829. The smallest absolute Gasteiger partial charge is 0.227 e. The van der Waals surface area contributed by atoms with Gasteiger partial charge in [-0.3, -0.25) is 4.79 Å². The monoisotopic (exact) mass is 336 g/mol. The van der Waals surface area contributed by atoms with E-state index in [1.165, 1.54) is 0 Å². The Morgan fingerprint density at radius 1 is 1.22 bits per heavy atom. The van der Waals surface area contributed by atoms with Crippen molar-refractivity contribution < 1.29 is 9.32 Å². The lowest BCUT2D eigenvalue weighted by Gasteiger charge is -2.04. The van der Waals surface area contributed by atoms with Crippen molar-refractivity contribution in [3.8, 4) is 11.4 Å². The van der Waals surface area contributed by atoms with Crippen LogP contribution in [0.25, 0.3) is 11.4 Å². The van der Waals surface area contributed by atoms with Crippen LogP contribution in [0.1, 0.15) is 25.7 Å². The Bertz CT molecular complexity index is 613. The Labute approximate surface area is 140 Å². The van der Waals surface area contributed by atoms with Gasteiger partial charge in [0.05, 0.1) is 0 Å². The highest BCUT2D eigenvalue weighted by atomic mass is 35.5. The lowest BCUT2D eigenvalue weighted by atomic mass is 10.2. The van der Waals surface area contributed by atoms with E-state index < -0.39 is 0 Å². The van der Waals surface area contributed by atoms with Crippen molar-refractivity contribution in [1.29, 1.82) is 0 Å². The summed E-state index contributed by atoms with van der Waals surface area (Å²) in [6.45, 7) is 4.47. The Morgan fingerprint density at radius 3 is 2.74 bits per heavy atom. The number of carbonyl (C=O) groups is 1. The number of hydrogen-bond acceptors (Lipinski definition) is 5. The van der Waals surface area contributed by atoms with Gasteiger partial charge < -0.3 is 15.2 Å². The van der Waals surface area contributed by atoms with Crippen LogP contribution >= 0.6 is 11.6 Å². The first-order chi connectivity index (χ1) is 11.2. The second-order valence-electron chi connectivity index (χ2n) is 5.12. The van der Waals surface area contributed by atoms with Gasteiger partial charge in [-0.25, -0.2) is 0 Å². The van der Waals surface area contributed by atoms with Gasteiger partial charge in [0.1, 0.15) is 0 Å². The van der Waals surface area contributed by atoms with Crippen molar-refractivity contribution in [2.45, 2.75) is 26.2 Å². The number of nitrogens with one attached hydrogen (secondary N) is 2. The average Bonchev–Trinajstić information content (AvgIpc) is 3.02. The van der Waals surface area contributed by atoms with Crippen molar-refractivity contribution in [2.75, 3.05) is 19.6 Å². The van der Waals surface area contributed by atoms with Crippen molar-refractivity contribution in [2.24, 2.45) is 0 Å². The summed E-state index contributed by atoms with van der Waals surface area (Å²) in [6.07, 6.45) is 1.84. The van der Waals surface area contributed by atoms with Crippen LogP contribution in [-0.4, -0.2) is 35.7 Å². The third kappa shape index (κ3) is 6.00. The fourth-order valence-electron chi connectivity index (χ4n) is 1.97. The summed E-state index contributed by atoms with van der Waals surface area (Å²) in [5.74, 6) is 0.935. The van der Waals surface area contributed by atoms with E-state index >= 15 is 0 Å². The van der Waals surface area contributed by atoms with E-state index in [-0.39, 0.29) is 5.91 Å². The van der Waals surface area contributed by atoms with Crippen LogP contribution in [0.5, 0.6) is 0 Å². The molecule has 0 radical (unpaired) electrons. The Balaban J connectivity index is 1.74.